The average Bonchev–Trinajstić information content (AvgIpc) is 3.72. The highest BCUT2D eigenvalue weighted by Gasteiger charge is 2.44. The molecule has 3 nitrogen and oxygen atoms in total. The molecule has 6 aromatic carbocycles. The van der Waals surface area contributed by atoms with E-state index in [0.717, 1.165) is 11.4 Å². The van der Waals surface area contributed by atoms with Gasteiger partial charge in [-0.1, -0.05) is 91.0 Å². The molecule has 0 saturated heterocycles. The first kappa shape index (κ1) is 25.5. The highest BCUT2D eigenvalue weighted by atomic mass is 16.5. The Morgan fingerprint density at radius 3 is 1.87 bits per heavy atom. The van der Waals surface area contributed by atoms with Crippen molar-refractivity contribution in [3.63, 3.8) is 0 Å². The van der Waals surface area contributed by atoms with Gasteiger partial charge in [0.25, 0.3) is 0 Å². The van der Waals surface area contributed by atoms with Crippen molar-refractivity contribution in [3.05, 3.63) is 163 Å². The third-order valence-electron chi connectivity index (χ3n) is 10.1. The molecular formula is C43H30N2O. The van der Waals surface area contributed by atoms with Gasteiger partial charge in [0.05, 0.1) is 28.0 Å². The molecule has 0 amide bonds. The molecule has 0 N–H and O–H groups in total. The van der Waals surface area contributed by atoms with Crippen LogP contribution in [0.2, 0.25) is 0 Å². The van der Waals surface area contributed by atoms with E-state index in [1.165, 1.54) is 66.0 Å². The lowest BCUT2D eigenvalue weighted by molar-refractivity contribution is 0.155. The Morgan fingerprint density at radius 2 is 1.15 bits per heavy atom. The summed E-state index contributed by atoms with van der Waals surface area (Å²) in [7, 11) is 0. The molecule has 3 heterocycles. The van der Waals surface area contributed by atoms with Crippen LogP contribution in [0.15, 0.2) is 158 Å². The molecule has 10 rings (SSSR count). The highest BCUT2D eigenvalue weighted by Crippen LogP contribution is 2.51. The van der Waals surface area contributed by atoms with Crippen LogP contribution >= 0.6 is 0 Å². The van der Waals surface area contributed by atoms with Crippen LogP contribution < -0.4 is 4.74 Å². The molecular weight excluding hydrogens is 560 g/mol. The van der Waals surface area contributed by atoms with Crippen molar-refractivity contribution >= 4 is 49.3 Å². The summed E-state index contributed by atoms with van der Waals surface area (Å²) >= 11 is 0. The van der Waals surface area contributed by atoms with Crippen molar-refractivity contribution in [2.75, 3.05) is 0 Å². The molecule has 218 valence electrons. The van der Waals surface area contributed by atoms with Crippen LogP contribution in [0.4, 0.5) is 0 Å². The van der Waals surface area contributed by atoms with Crippen LogP contribution in [0.1, 0.15) is 18.4 Å². The molecule has 0 fully saturated rings. The molecule has 46 heavy (non-hydrogen) atoms. The second-order valence-corrected chi connectivity index (χ2v) is 12.7. The number of para-hydroxylation sites is 3. The summed E-state index contributed by atoms with van der Waals surface area (Å²) < 4.78 is 11.5. The van der Waals surface area contributed by atoms with Gasteiger partial charge in [0, 0.05) is 38.5 Å². The monoisotopic (exact) mass is 590 g/mol. The Kier molecular flexibility index (Phi) is 5.19. The fourth-order valence-electron chi connectivity index (χ4n) is 7.90. The smallest absolute Gasteiger partial charge is 0.135 e. The number of nitrogens with zero attached hydrogens (tertiary/aromatic N) is 2. The van der Waals surface area contributed by atoms with E-state index in [1.54, 1.807) is 0 Å². The van der Waals surface area contributed by atoms with Crippen LogP contribution in [-0.4, -0.2) is 14.7 Å². The van der Waals surface area contributed by atoms with Gasteiger partial charge in [-0.15, -0.1) is 0 Å². The standard InChI is InChI=1S/C43H30N2O/c1-43-24-23-31(45-38-16-8-5-13-32(38)33-14-6-9-17-39(33)45)27-37(43)36-26-30(20-22-42(36)46-43)44-40-18-10-7-15-34(40)35-25-29(19-21-41(35)44)28-11-3-2-4-12-28/h2-27,37H,1H3. The number of hydrogen-bond donors (Lipinski definition) is 0. The predicted octanol–water partition coefficient (Wildman–Crippen LogP) is 10.9. The van der Waals surface area contributed by atoms with Crippen molar-refractivity contribution in [2.24, 2.45) is 0 Å². The van der Waals surface area contributed by atoms with Crippen molar-refractivity contribution in [1.82, 2.24) is 9.13 Å². The van der Waals surface area contributed by atoms with Gasteiger partial charge in [-0.2, -0.15) is 0 Å². The zero-order valence-electron chi connectivity index (χ0n) is 25.4. The molecule has 2 aromatic heterocycles. The lowest BCUT2D eigenvalue weighted by atomic mass is 9.81. The molecule has 0 spiro atoms. The molecule has 2 aliphatic rings. The van der Waals surface area contributed by atoms with Gasteiger partial charge < -0.3 is 13.9 Å². The number of aromatic nitrogens is 2. The SMILES string of the molecule is CC12C=CC(n3c4ccccc4c4ccccc43)=CC1c1cc(-n3c4ccccc4c4cc(-c5ccccc5)ccc43)ccc1O2. The quantitative estimate of drug-likeness (QED) is 0.200. The van der Waals surface area contributed by atoms with Gasteiger partial charge in [-0.05, 0) is 84.8 Å². The predicted molar refractivity (Wildman–Crippen MR) is 191 cm³/mol. The van der Waals surface area contributed by atoms with E-state index < -0.39 is 5.60 Å². The van der Waals surface area contributed by atoms with Crippen LogP contribution in [0.25, 0.3) is 66.1 Å². The molecule has 1 aliphatic heterocycles. The second kappa shape index (κ2) is 9.35. The number of fused-ring (bicyclic) bond motifs is 9. The van der Waals surface area contributed by atoms with E-state index in [9.17, 15) is 0 Å². The first-order chi connectivity index (χ1) is 22.7. The summed E-state index contributed by atoms with van der Waals surface area (Å²) in [5, 5.41) is 5.06. The Balaban J connectivity index is 1.15. The van der Waals surface area contributed by atoms with E-state index >= 15 is 0 Å². The number of benzene rings is 6. The third-order valence-corrected chi connectivity index (χ3v) is 10.1. The van der Waals surface area contributed by atoms with Gasteiger partial charge in [-0.25, -0.2) is 0 Å². The molecule has 0 radical (unpaired) electrons. The molecule has 8 aromatic rings. The van der Waals surface area contributed by atoms with Crippen molar-refractivity contribution < 1.29 is 4.74 Å². The Bertz CT molecular complexity index is 2530. The van der Waals surface area contributed by atoms with E-state index in [2.05, 4.69) is 174 Å². The van der Waals surface area contributed by atoms with Crippen LogP contribution in [0.3, 0.4) is 0 Å². The van der Waals surface area contributed by atoms with E-state index in [4.69, 9.17) is 4.74 Å². The minimum atomic E-state index is -0.450. The van der Waals surface area contributed by atoms with Crippen molar-refractivity contribution in [2.45, 2.75) is 18.4 Å². The Hall–Kier alpha value is -5.80. The maximum Gasteiger partial charge on any atom is 0.135 e. The number of allylic oxidation sites excluding steroid dienone is 2. The minimum absolute atomic E-state index is 0.0696. The van der Waals surface area contributed by atoms with Gasteiger partial charge in [0.2, 0.25) is 0 Å². The number of ether oxygens (including phenoxy) is 1. The lowest BCUT2D eigenvalue weighted by Crippen LogP contribution is -2.33. The summed E-state index contributed by atoms with van der Waals surface area (Å²) in [5.41, 5.74) is 10.4. The summed E-state index contributed by atoms with van der Waals surface area (Å²) in [6.07, 6.45) is 6.90. The maximum atomic E-state index is 6.70. The van der Waals surface area contributed by atoms with Crippen LogP contribution in [0.5, 0.6) is 5.75 Å². The third kappa shape index (κ3) is 3.54. The van der Waals surface area contributed by atoms with E-state index in [0.29, 0.717) is 0 Å². The molecule has 2 atom stereocenters. The van der Waals surface area contributed by atoms with Crippen LogP contribution in [0, 0.1) is 0 Å². The fraction of sp³-hybridized carbons (Fsp3) is 0.0698. The van der Waals surface area contributed by atoms with Gasteiger partial charge in [-0.3, -0.25) is 0 Å². The lowest BCUT2D eigenvalue weighted by Gasteiger charge is -2.30. The first-order valence-corrected chi connectivity index (χ1v) is 16.0. The largest absolute Gasteiger partial charge is 0.482 e. The topological polar surface area (TPSA) is 19.1 Å². The fourth-order valence-corrected chi connectivity index (χ4v) is 7.90. The van der Waals surface area contributed by atoms with E-state index in [1.807, 2.05) is 0 Å². The molecule has 0 saturated carbocycles. The van der Waals surface area contributed by atoms with E-state index in [-0.39, 0.29) is 5.92 Å². The second-order valence-electron chi connectivity index (χ2n) is 12.7. The zero-order chi connectivity index (χ0) is 30.4. The van der Waals surface area contributed by atoms with Gasteiger partial charge in [0.15, 0.2) is 0 Å². The summed E-state index contributed by atoms with van der Waals surface area (Å²) in [6.45, 7) is 2.21. The number of rotatable bonds is 3. The number of hydrogen-bond acceptors (Lipinski definition) is 1. The molecule has 1 aliphatic carbocycles. The molecule has 2 unspecified atom stereocenters. The van der Waals surface area contributed by atoms with Crippen LogP contribution in [-0.2, 0) is 0 Å². The summed E-state index contributed by atoms with van der Waals surface area (Å²) in [5.74, 6) is 1.02. The highest BCUT2D eigenvalue weighted by molar-refractivity contribution is 6.11. The Morgan fingerprint density at radius 1 is 0.543 bits per heavy atom. The van der Waals surface area contributed by atoms with Crippen molar-refractivity contribution in [3.8, 4) is 22.6 Å². The van der Waals surface area contributed by atoms with Gasteiger partial charge >= 0.3 is 0 Å². The Labute approximate surface area is 266 Å². The minimum Gasteiger partial charge on any atom is -0.482 e. The zero-order valence-corrected chi connectivity index (χ0v) is 25.4. The summed E-state index contributed by atoms with van der Waals surface area (Å²) in [4.78, 5) is 0. The molecule has 3 heteroatoms. The first-order valence-electron chi connectivity index (χ1n) is 16.0. The van der Waals surface area contributed by atoms with Crippen molar-refractivity contribution in [1.29, 1.82) is 0 Å². The molecule has 0 bridgehead atoms. The summed E-state index contributed by atoms with van der Waals surface area (Å²) in [6, 6.07) is 50.3. The maximum absolute atomic E-state index is 6.70. The normalized spacial score (nSPS) is 18.6. The average molecular weight is 591 g/mol. The van der Waals surface area contributed by atoms with Gasteiger partial charge in [0.1, 0.15) is 11.4 Å².